The average molecular weight is 551 g/mol. The maximum absolute atomic E-state index is 6.13. The van der Waals surface area contributed by atoms with Crippen LogP contribution in [-0.2, 0) is 0 Å². The molecule has 0 radical (unpaired) electrons. The number of nitrogens with zero attached hydrogens (tertiary/aromatic N) is 2. The van der Waals surface area contributed by atoms with E-state index in [4.69, 9.17) is 14.4 Å². The van der Waals surface area contributed by atoms with Gasteiger partial charge in [-0.3, -0.25) is 0 Å². The Kier molecular flexibility index (Phi) is 4.67. The maximum Gasteiger partial charge on any atom is 0.246 e. The van der Waals surface area contributed by atoms with Gasteiger partial charge in [0.1, 0.15) is 16.8 Å². The molecular formula is C34H19BrN2O. The highest BCUT2D eigenvalue weighted by atomic mass is 79.9. The summed E-state index contributed by atoms with van der Waals surface area (Å²) in [7, 11) is 0. The van der Waals surface area contributed by atoms with Crippen molar-refractivity contribution in [1.29, 1.82) is 0 Å². The molecule has 178 valence electrons. The van der Waals surface area contributed by atoms with Gasteiger partial charge in [-0.05, 0) is 62.6 Å². The Labute approximate surface area is 226 Å². The van der Waals surface area contributed by atoms with Gasteiger partial charge in [0.2, 0.25) is 5.71 Å². The highest BCUT2D eigenvalue weighted by Gasteiger charge is 2.19. The van der Waals surface area contributed by atoms with Crippen LogP contribution in [0.3, 0.4) is 0 Å². The van der Waals surface area contributed by atoms with Crippen molar-refractivity contribution in [2.24, 2.45) is 0 Å². The summed E-state index contributed by atoms with van der Waals surface area (Å²) in [6, 6.07) is 40.1. The van der Waals surface area contributed by atoms with Gasteiger partial charge in [-0.2, -0.15) is 0 Å². The highest BCUT2D eigenvalue weighted by molar-refractivity contribution is 9.10. The second-order valence-corrected chi connectivity index (χ2v) is 10.5. The Balaban J connectivity index is 1.49. The minimum Gasteiger partial charge on any atom is -0.436 e. The number of hydrogen-bond acceptors (Lipinski definition) is 3. The fourth-order valence-electron chi connectivity index (χ4n) is 5.62. The summed E-state index contributed by atoms with van der Waals surface area (Å²) in [5, 5.41) is 8.41. The molecule has 0 saturated carbocycles. The van der Waals surface area contributed by atoms with Crippen LogP contribution in [0.1, 0.15) is 0 Å². The van der Waals surface area contributed by atoms with E-state index in [-0.39, 0.29) is 0 Å². The van der Waals surface area contributed by atoms with Crippen molar-refractivity contribution in [2.45, 2.75) is 0 Å². The van der Waals surface area contributed by atoms with Gasteiger partial charge in [-0.1, -0.05) is 101 Å². The summed E-state index contributed by atoms with van der Waals surface area (Å²) in [5.41, 5.74) is 5.74. The van der Waals surface area contributed by atoms with Gasteiger partial charge in [0.05, 0.1) is 5.69 Å². The van der Waals surface area contributed by atoms with E-state index >= 15 is 0 Å². The first-order chi connectivity index (χ1) is 18.7. The number of rotatable bonds is 2. The average Bonchev–Trinajstić information content (AvgIpc) is 3.34. The van der Waals surface area contributed by atoms with Gasteiger partial charge in [0, 0.05) is 21.0 Å². The molecule has 0 aliphatic carbocycles. The van der Waals surface area contributed by atoms with Gasteiger partial charge < -0.3 is 4.42 Å². The van der Waals surface area contributed by atoms with Crippen LogP contribution in [0, 0.1) is 0 Å². The Morgan fingerprint density at radius 3 is 1.76 bits per heavy atom. The van der Waals surface area contributed by atoms with E-state index in [1.807, 2.05) is 36.4 Å². The molecular weight excluding hydrogens is 532 g/mol. The van der Waals surface area contributed by atoms with Crippen molar-refractivity contribution < 1.29 is 4.42 Å². The third-order valence-corrected chi connectivity index (χ3v) is 7.82. The molecule has 8 rings (SSSR count). The summed E-state index contributed by atoms with van der Waals surface area (Å²) in [4.78, 5) is 10.3. The molecule has 2 heterocycles. The summed E-state index contributed by atoms with van der Waals surface area (Å²) < 4.78 is 7.12. The molecule has 0 N–H and O–H groups in total. The number of aromatic nitrogens is 2. The Morgan fingerprint density at radius 1 is 0.474 bits per heavy atom. The predicted molar refractivity (Wildman–Crippen MR) is 160 cm³/mol. The van der Waals surface area contributed by atoms with E-state index in [0.29, 0.717) is 5.71 Å². The summed E-state index contributed by atoms with van der Waals surface area (Å²) in [6.07, 6.45) is 0. The Hall–Kier alpha value is -4.54. The first kappa shape index (κ1) is 21.5. The maximum atomic E-state index is 6.13. The van der Waals surface area contributed by atoms with Crippen LogP contribution in [0.2, 0.25) is 0 Å². The molecule has 8 aromatic rings. The van der Waals surface area contributed by atoms with Crippen LogP contribution in [0.5, 0.6) is 0 Å². The Bertz CT molecular complexity index is 2180. The zero-order valence-electron chi connectivity index (χ0n) is 20.2. The van der Waals surface area contributed by atoms with Crippen LogP contribution in [0.25, 0.3) is 77.0 Å². The topological polar surface area (TPSA) is 38.9 Å². The molecule has 3 nitrogen and oxygen atoms in total. The minimum absolute atomic E-state index is 0.544. The van der Waals surface area contributed by atoms with Gasteiger partial charge in [-0.25, -0.2) is 9.97 Å². The molecule has 0 amide bonds. The zero-order chi connectivity index (χ0) is 25.2. The molecule has 0 bridgehead atoms. The summed E-state index contributed by atoms with van der Waals surface area (Å²) >= 11 is 3.63. The lowest BCUT2D eigenvalue weighted by molar-refractivity contribution is 0.653. The molecule has 2 aromatic heterocycles. The van der Waals surface area contributed by atoms with Crippen LogP contribution in [-0.4, -0.2) is 9.97 Å². The quantitative estimate of drug-likeness (QED) is 0.201. The number of fused-ring (bicyclic) bond motifs is 9. The van der Waals surface area contributed by atoms with Gasteiger partial charge in [0.25, 0.3) is 0 Å². The first-order valence-corrected chi connectivity index (χ1v) is 13.3. The van der Waals surface area contributed by atoms with Crippen LogP contribution < -0.4 is 0 Å². The van der Waals surface area contributed by atoms with Crippen molar-refractivity contribution in [3.63, 3.8) is 0 Å². The largest absolute Gasteiger partial charge is 0.436 e. The number of furan rings is 1. The van der Waals surface area contributed by atoms with E-state index < -0.39 is 0 Å². The van der Waals surface area contributed by atoms with Crippen molar-refractivity contribution in [2.75, 3.05) is 0 Å². The predicted octanol–water partition coefficient (Wildman–Crippen LogP) is 9.93. The van der Waals surface area contributed by atoms with Gasteiger partial charge in [0.15, 0.2) is 0 Å². The second kappa shape index (κ2) is 8.23. The molecule has 0 atom stereocenters. The third-order valence-electron chi connectivity index (χ3n) is 7.33. The lowest BCUT2D eigenvalue weighted by atomic mass is 9.92. The zero-order valence-corrected chi connectivity index (χ0v) is 21.7. The third kappa shape index (κ3) is 3.20. The van der Waals surface area contributed by atoms with E-state index in [1.165, 1.54) is 32.3 Å². The van der Waals surface area contributed by atoms with Crippen LogP contribution >= 0.6 is 15.9 Å². The lowest BCUT2D eigenvalue weighted by Crippen LogP contribution is -1.95. The number of halogens is 1. The number of para-hydroxylation sites is 1. The smallest absolute Gasteiger partial charge is 0.246 e. The minimum atomic E-state index is 0.544. The van der Waals surface area contributed by atoms with E-state index in [2.05, 4.69) is 94.8 Å². The first-order valence-electron chi connectivity index (χ1n) is 12.5. The van der Waals surface area contributed by atoms with Gasteiger partial charge >= 0.3 is 0 Å². The summed E-state index contributed by atoms with van der Waals surface area (Å²) in [6.45, 7) is 0. The standard InChI is InChI=1S/C34H19BrN2O/c35-22-9-7-8-20(18-22)32-31(36-33-28-14-5-6-15-30(28)38-34(33)37-32)21-16-17-27-25-12-2-1-10-23(25)24-11-3-4-13-26(24)29(27)19-21/h1-19H. The molecule has 6 aromatic carbocycles. The monoisotopic (exact) mass is 550 g/mol. The molecule has 0 aliphatic rings. The number of benzene rings is 6. The van der Waals surface area contributed by atoms with Crippen molar-refractivity contribution in [3.8, 4) is 22.5 Å². The van der Waals surface area contributed by atoms with Crippen molar-refractivity contribution >= 4 is 70.4 Å². The second-order valence-electron chi connectivity index (χ2n) is 9.53. The fourth-order valence-corrected chi connectivity index (χ4v) is 6.01. The molecule has 4 heteroatoms. The molecule has 0 aliphatic heterocycles. The van der Waals surface area contributed by atoms with E-state index in [1.54, 1.807) is 0 Å². The SMILES string of the molecule is Brc1cccc(-c2nc3oc4ccccc4c3nc2-c2ccc3c4ccccc4c4ccccc4c3c2)c1. The molecule has 0 unspecified atom stereocenters. The molecule has 0 saturated heterocycles. The van der Waals surface area contributed by atoms with Crippen LogP contribution in [0.4, 0.5) is 0 Å². The molecule has 38 heavy (non-hydrogen) atoms. The molecule has 0 fully saturated rings. The van der Waals surface area contributed by atoms with Crippen molar-refractivity contribution in [1.82, 2.24) is 9.97 Å². The Morgan fingerprint density at radius 2 is 1.05 bits per heavy atom. The fraction of sp³-hybridized carbons (Fsp3) is 0. The lowest BCUT2D eigenvalue weighted by Gasteiger charge is -2.13. The highest BCUT2D eigenvalue weighted by Crippen LogP contribution is 2.40. The van der Waals surface area contributed by atoms with E-state index in [9.17, 15) is 0 Å². The van der Waals surface area contributed by atoms with Crippen LogP contribution in [0.15, 0.2) is 124 Å². The molecule has 0 spiro atoms. The number of hydrogen-bond donors (Lipinski definition) is 0. The van der Waals surface area contributed by atoms with Gasteiger partial charge in [-0.15, -0.1) is 0 Å². The van der Waals surface area contributed by atoms with Crippen molar-refractivity contribution in [3.05, 3.63) is 120 Å². The summed E-state index contributed by atoms with van der Waals surface area (Å²) in [5.74, 6) is 0. The van der Waals surface area contributed by atoms with E-state index in [0.717, 1.165) is 43.5 Å². The normalized spacial score (nSPS) is 11.8.